The first-order valence-electron chi connectivity index (χ1n) is 6.49. The molecule has 5 heteroatoms. The van der Waals surface area contributed by atoms with Gasteiger partial charge in [-0.2, -0.15) is 0 Å². The monoisotopic (exact) mass is 274 g/mol. The average molecular weight is 274 g/mol. The van der Waals surface area contributed by atoms with Crippen LogP contribution in [0.4, 0.5) is 5.69 Å². The maximum atomic E-state index is 11.6. The SMILES string of the molecule is CCCNc1cc(OC)cc2cc(C(=O)OC)cnc12. The highest BCUT2D eigenvalue weighted by molar-refractivity contribution is 5.97. The number of anilines is 1. The normalized spacial score (nSPS) is 10.3. The number of esters is 1. The summed E-state index contributed by atoms with van der Waals surface area (Å²) in [4.78, 5) is 15.9. The second-order valence-corrected chi connectivity index (χ2v) is 4.39. The van der Waals surface area contributed by atoms with Gasteiger partial charge in [0, 0.05) is 24.2 Å². The van der Waals surface area contributed by atoms with E-state index in [1.165, 1.54) is 13.3 Å². The summed E-state index contributed by atoms with van der Waals surface area (Å²) in [6, 6.07) is 5.52. The Labute approximate surface area is 117 Å². The first-order valence-corrected chi connectivity index (χ1v) is 6.49. The van der Waals surface area contributed by atoms with Gasteiger partial charge in [-0.3, -0.25) is 4.98 Å². The van der Waals surface area contributed by atoms with E-state index in [0.717, 1.165) is 35.3 Å². The van der Waals surface area contributed by atoms with Crippen molar-refractivity contribution in [3.05, 3.63) is 30.0 Å². The minimum Gasteiger partial charge on any atom is -0.497 e. The third-order valence-corrected chi connectivity index (χ3v) is 2.98. The number of hydrogen-bond acceptors (Lipinski definition) is 5. The fraction of sp³-hybridized carbons (Fsp3) is 0.333. The fourth-order valence-corrected chi connectivity index (χ4v) is 1.96. The predicted molar refractivity (Wildman–Crippen MR) is 78.4 cm³/mol. The lowest BCUT2D eigenvalue weighted by Gasteiger charge is -2.11. The molecule has 0 amide bonds. The molecule has 20 heavy (non-hydrogen) atoms. The molecule has 2 aromatic rings. The molecule has 106 valence electrons. The van der Waals surface area contributed by atoms with Crippen molar-refractivity contribution in [2.24, 2.45) is 0 Å². The molecule has 0 bridgehead atoms. The Morgan fingerprint density at radius 1 is 1.30 bits per heavy atom. The second-order valence-electron chi connectivity index (χ2n) is 4.39. The van der Waals surface area contributed by atoms with Gasteiger partial charge in [0.2, 0.25) is 0 Å². The second kappa shape index (κ2) is 6.23. The number of aromatic nitrogens is 1. The van der Waals surface area contributed by atoms with Crippen LogP contribution in [-0.4, -0.2) is 31.7 Å². The van der Waals surface area contributed by atoms with Crippen molar-refractivity contribution in [2.75, 3.05) is 26.1 Å². The van der Waals surface area contributed by atoms with Crippen molar-refractivity contribution in [1.82, 2.24) is 4.98 Å². The summed E-state index contributed by atoms with van der Waals surface area (Å²) in [6.07, 6.45) is 2.54. The Morgan fingerprint density at radius 3 is 2.75 bits per heavy atom. The summed E-state index contributed by atoms with van der Waals surface area (Å²) in [7, 11) is 2.97. The van der Waals surface area contributed by atoms with Crippen LogP contribution in [-0.2, 0) is 4.74 Å². The maximum Gasteiger partial charge on any atom is 0.339 e. The average Bonchev–Trinajstić information content (AvgIpc) is 2.50. The number of nitrogens with one attached hydrogen (secondary N) is 1. The highest BCUT2D eigenvalue weighted by Crippen LogP contribution is 2.28. The van der Waals surface area contributed by atoms with Crippen LogP contribution in [0.15, 0.2) is 24.4 Å². The van der Waals surface area contributed by atoms with E-state index >= 15 is 0 Å². The number of hydrogen-bond donors (Lipinski definition) is 1. The van der Waals surface area contributed by atoms with E-state index in [4.69, 9.17) is 9.47 Å². The fourth-order valence-electron chi connectivity index (χ4n) is 1.96. The molecule has 0 aliphatic rings. The number of ether oxygens (including phenoxy) is 2. The molecule has 0 fully saturated rings. The first-order chi connectivity index (χ1) is 9.69. The molecule has 1 heterocycles. The number of nitrogens with zero attached hydrogens (tertiary/aromatic N) is 1. The number of fused-ring (bicyclic) bond motifs is 1. The standard InChI is InChI=1S/C15H18N2O3/c1-4-5-16-13-8-12(19-2)7-10-6-11(15(18)20-3)9-17-14(10)13/h6-9,16H,4-5H2,1-3H3. The van der Waals surface area contributed by atoms with E-state index < -0.39 is 5.97 Å². The molecule has 2 rings (SSSR count). The van der Waals surface area contributed by atoms with Gasteiger partial charge in [0.15, 0.2) is 0 Å². The lowest BCUT2D eigenvalue weighted by atomic mass is 10.1. The number of benzene rings is 1. The number of pyridine rings is 1. The summed E-state index contributed by atoms with van der Waals surface area (Å²) >= 11 is 0. The Kier molecular flexibility index (Phi) is 4.40. The van der Waals surface area contributed by atoms with Crippen LogP contribution in [0.2, 0.25) is 0 Å². The van der Waals surface area contributed by atoms with Crippen molar-refractivity contribution in [3.8, 4) is 5.75 Å². The topological polar surface area (TPSA) is 60.5 Å². The van der Waals surface area contributed by atoms with Crippen molar-refractivity contribution in [2.45, 2.75) is 13.3 Å². The van der Waals surface area contributed by atoms with Gasteiger partial charge in [0.05, 0.1) is 31.0 Å². The van der Waals surface area contributed by atoms with Crippen LogP contribution < -0.4 is 10.1 Å². The van der Waals surface area contributed by atoms with Crippen LogP contribution in [0.25, 0.3) is 10.9 Å². The number of rotatable bonds is 5. The molecule has 0 saturated carbocycles. The Balaban J connectivity index is 2.53. The lowest BCUT2D eigenvalue weighted by Crippen LogP contribution is -2.04. The number of carbonyl (C=O) groups excluding carboxylic acids is 1. The Morgan fingerprint density at radius 2 is 2.10 bits per heavy atom. The molecule has 5 nitrogen and oxygen atoms in total. The van der Waals surface area contributed by atoms with Gasteiger partial charge < -0.3 is 14.8 Å². The molecule has 0 radical (unpaired) electrons. The minimum atomic E-state index is -0.398. The van der Waals surface area contributed by atoms with Crippen LogP contribution in [0.1, 0.15) is 23.7 Å². The van der Waals surface area contributed by atoms with Crippen molar-refractivity contribution < 1.29 is 14.3 Å². The van der Waals surface area contributed by atoms with Crippen LogP contribution in [0.3, 0.4) is 0 Å². The van der Waals surface area contributed by atoms with Gasteiger partial charge in [-0.1, -0.05) is 6.92 Å². The molecular formula is C15H18N2O3. The lowest BCUT2D eigenvalue weighted by molar-refractivity contribution is 0.0600. The van der Waals surface area contributed by atoms with Crippen molar-refractivity contribution in [3.63, 3.8) is 0 Å². The number of methoxy groups -OCH3 is 2. The maximum absolute atomic E-state index is 11.6. The van der Waals surface area contributed by atoms with Crippen LogP contribution in [0, 0.1) is 0 Å². The van der Waals surface area contributed by atoms with Gasteiger partial charge in [0.25, 0.3) is 0 Å². The van der Waals surface area contributed by atoms with Gasteiger partial charge in [-0.05, 0) is 18.6 Å². The molecule has 0 spiro atoms. The van der Waals surface area contributed by atoms with Gasteiger partial charge in [-0.25, -0.2) is 4.79 Å². The molecule has 1 N–H and O–H groups in total. The van der Waals surface area contributed by atoms with Gasteiger partial charge >= 0.3 is 5.97 Å². The Hall–Kier alpha value is -2.30. The number of carbonyl (C=O) groups is 1. The largest absolute Gasteiger partial charge is 0.497 e. The Bertz CT molecular complexity index is 626. The summed E-state index contributed by atoms with van der Waals surface area (Å²) in [5.41, 5.74) is 2.14. The summed E-state index contributed by atoms with van der Waals surface area (Å²) in [6.45, 7) is 2.95. The highest BCUT2D eigenvalue weighted by atomic mass is 16.5. The van der Waals surface area contributed by atoms with E-state index in [9.17, 15) is 4.79 Å². The zero-order chi connectivity index (χ0) is 14.5. The molecule has 0 unspecified atom stereocenters. The first kappa shape index (κ1) is 14.1. The van der Waals surface area contributed by atoms with E-state index in [0.29, 0.717) is 5.56 Å². The zero-order valence-electron chi connectivity index (χ0n) is 11.9. The van der Waals surface area contributed by atoms with E-state index in [2.05, 4.69) is 17.2 Å². The third-order valence-electron chi connectivity index (χ3n) is 2.98. The van der Waals surface area contributed by atoms with E-state index in [1.807, 2.05) is 12.1 Å². The smallest absolute Gasteiger partial charge is 0.339 e. The quantitative estimate of drug-likeness (QED) is 0.849. The molecule has 0 atom stereocenters. The molecule has 1 aromatic heterocycles. The molecule has 0 saturated heterocycles. The van der Waals surface area contributed by atoms with E-state index in [1.54, 1.807) is 13.2 Å². The molecular weight excluding hydrogens is 256 g/mol. The van der Waals surface area contributed by atoms with Crippen molar-refractivity contribution in [1.29, 1.82) is 0 Å². The molecule has 0 aliphatic heterocycles. The van der Waals surface area contributed by atoms with Crippen LogP contribution >= 0.6 is 0 Å². The van der Waals surface area contributed by atoms with Crippen LogP contribution in [0.5, 0.6) is 5.75 Å². The summed E-state index contributed by atoms with van der Waals surface area (Å²) in [5.74, 6) is 0.324. The van der Waals surface area contributed by atoms with Gasteiger partial charge in [0.1, 0.15) is 5.75 Å². The zero-order valence-corrected chi connectivity index (χ0v) is 11.9. The molecule has 0 aliphatic carbocycles. The van der Waals surface area contributed by atoms with Crippen molar-refractivity contribution >= 4 is 22.6 Å². The van der Waals surface area contributed by atoms with E-state index in [-0.39, 0.29) is 0 Å². The predicted octanol–water partition coefficient (Wildman–Crippen LogP) is 2.85. The highest BCUT2D eigenvalue weighted by Gasteiger charge is 2.10. The van der Waals surface area contributed by atoms with Gasteiger partial charge in [-0.15, -0.1) is 0 Å². The minimum absolute atomic E-state index is 0.398. The summed E-state index contributed by atoms with van der Waals surface area (Å²) in [5, 5.41) is 4.15. The summed E-state index contributed by atoms with van der Waals surface area (Å²) < 4.78 is 10.00. The molecule has 1 aromatic carbocycles. The third kappa shape index (κ3) is 2.82.